The summed E-state index contributed by atoms with van der Waals surface area (Å²) in [7, 11) is -2.48. The summed E-state index contributed by atoms with van der Waals surface area (Å²) >= 11 is 0. The Morgan fingerprint density at radius 2 is 0.728 bits per heavy atom. The van der Waals surface area contributed by atoms with Gasteiger partial charge in [0.05, 0.1) is 52.9 Å². The van der Waals surface area contributed by atoms with Gasteiger partial charge in [-0.25, -0.2) is 50.0 Å². The Bertz CT molecular complexity index is 3770. The van der Waals surface area contributed by atoms with E-state index in [-0.39, 0.29) is 112 Å². The number of halogens is 5. The molecule has 3 aromatic rings. The second-order valence-electron chi connectivity index (χ2n) is 34.3. The topological polar surface area (TPSA) is 368 Å². The maximum absolute atomic E-state index is 15.2. The highest BCUT2D eigenvalue weighted by molar-refractivity contribution is 8.13. The van der Waals surface area contributed by atoms with Crippen LogP contribution in [0.15, 0.2) is 82.6 Å². The van der Waals surface area contributed by atoms with E-state index in [4.69, 9.17) is 65.0 Å². The van der Waals surface area contributed by atoms with Gasteiger partial charge in [0.1, 0.15) is 57.3 Å². The number of aliphatic hydroxyl groups is 2. The number of carbonyl (C=O) groups is 7. The summed E-state index contributed by atoms with van der Waals surface area (Å²) in [6.07, 6.45) is 0.991. The molecule has 0 bridgehead atoms. The van der Waals surface area contributed by atoms with E-state index in [0.29, 0.717) is 56.7 Å². The van der Waals surface area contributed by atoms with Crippen LogP contribution in [0.4, 0.5) is 41.5 Å². The Morgan fingerprint density at radius 3 is 0.991 bits per heavy atom. The normalized spacial score (nSPS) is 18.9. The van der Waals surface area contributed by atoms with Crippen LogP contribution in [0, 0.1) is 13.8 Å². The number of rotatable bonds is 10. The third-order valence-electron chi connectivity index (χ3n) is 18.3. The molecule has 7 aliphatic rings. The largest absolute Gasteiger partial charge is 0.444 e. The second kappa shape index (κ2) is 41.3. The van der Waals surface area contributed by atoms with Crippen LogP contribution in [0.1, 0.15) is 200 Å². The number of carbonyl (C=O) groups excluding carboxylic acids is 7. The number of aliphatic hydroxyl groups excluding tert-OH is 2. The number of fused-ring (bicyclic) bond motifs is 1. The quantitative estimate of drug-likeness (QED) is 0.0366. The standard InChI is InChI=1S/C19H23FN2O4.C18H26FNO5S.C11H21FN2O2.C11H20FNO3.C11H19NO3.C7H7ClO2S.C2H7NO/c1-18(2,3)26-17(25)21-10-8-19(20,9-11-21)12-22-15(23)13-6-4-5-7-14(13)16(22)24;1-14-5-7-15(8-6-14)26(22,23)24-13-18(19)9-11-20(12-10-18)16(21)25-17(2,3)4;1-10(2,3)16-9(15)14-6-4-11(12,8-13)5-7-14;1-10(2,3)16-9(15)13-6-4-11(12,8-14)5-7-13;1-10(2,3)15-9(13)12-6-4-11(5-7-12)8-14-11;1-6-2-4-7(5-3-6)11(8,9)10;3-1-2-4/h4-7H,8-12H2,1-3H3;5-8H,9-13H2,1-4H3;4-8,13H2,1-3H3;14H,4-8H2,1-3H3;4-8H2,1-3H3;2-5H,1H3;4H,1-3H2. The van der Waals surface area contributed by atoms with Gasteiger partial charge < -0.3 is 74.6 Å². The average Bonchev–Trinajstić information content (AvgIpc) is 1.59. The van der Waals surface area contributed by atoms with Crippen molar-refractivity contribution in [3.63, 3.8) is 0 Å². The molecule has 0 aliphatic carbocycles. The van der Waals surface area contributed by atoms with Gasteiger partial charge in [-0.1, -0.05) is 47.5 Å². The number of nitrogens with zero attached hydrogens (tertiary/aromatic N) is 6. The monoisotopic (exact) mass is 1680 g/mol. The number of amides is 7. The molecule has 6 fully saturated rings. The Balaban J connectivity index is 0.000000292. The third-order valence-corrected chi connectivity index (χ3v) is 21.0. The van der Waals surface area contributed by atoms with Gasteiger partial charge in [-0.15, -0.1) is 0 Å². The molecule has 28 nitrogen and oxygen atoms in total. The summed E-state index contributed by atoms with van der Waals surface area (Å²) in [6.45, 7) is 34.4. The lowest BCUT2D eigenvalue weighted by molar-refractivity contribution is -0.0134. The number of aryl methyl sites for hydroxylation is 2. The van der Waals surface area contributed by atoms with E-state index >= 15 is 4.39 Å². The fourth-order valence-electron chi connectivity index (χ4n) is 11.5. The van der Waals surface area contributed by atoms with Crippen molar-refractivity contribution in [1.29, 1.82) is 0 Å². The Hall–Kier alpha value is -7.18. The number of epoxide rings is 1. The molecule has 10 rings (SSSR count). The molecule has 0 unspecified atom stereocenters. The number of hydrogen-bond acceptors (Lipinski definition) is 22. The molecule has 3 aromatic carbocycles. The highest BCUT2D eigenvalue weighted by Gasteiger charge is 2.49. The minimum Gasteiger partial charge on any atom is -0.444 e. The predicted molar refractivity (Wildman–Crippen MR) is 422 cm³/mol. The molecule has 7 heterocycles. The molecule has 0 atom stereocenters. The van der Waals surface area contributed by atoms with E-state index < -0.39 is 113 Å². The number of alkyl halides is 4. The van der Waals surface area contributed by atoms with Crippen molar-refractivity contribution >= 4 is 72.1 Å². The third kappa shape index (κ3) is 34.6. The van der Waals surface area contributed by atoms with E-state index in [9.17, 15) is 63.6 Å². The molecule has 6 N–H and O–H groups in total. The minimum absolute atomic E-state index is 0.00195. The summed E-state index contributed by atoms with van der Waals surface area (Å²) in [5.74, 6) is -0.922. The number of likely N-dealkylation sites (tertiary alicyclic amines) is 5. The van der Waals surface area contributed by atoms with Crippen molar-refractivity contribution in [3.8, 4) is 0 Å². The first-order valence-corrected chi connectivity index (χ1v) is 41.9. The fraction of sp³-hybridized carbons (Fsp3) is 0.684. The number of ether oxygens (including phenoxy) is 6. The Kier molecular flexibility index (Phi) is 35.9. The first kappa shape index (κ1) is 99.2. The van der Waals surface area contributed by atoms with Crippen LogP contribution in [0.25, 0.3) is 0 Å². The molecular formula is C79H123ClF4N8O20S2. The van der Waals surface area contributed by atoms with E-state index in [1.807, 2.05) is 55.4 Å². The zero-order valence-electron chi connectivity index (χ0n) is 69.3. The van der Waals surface area contributed by atoms with E-state index in [2.05, 4.69) is 0 Å². The Morgan fingerprint density at radius 1 is 0.456 bits per heavy atom. The van der Waals surface area contributed by atoms with Crippen molar-refractivity contribution < 1.29 is 111 Å². The molecule has 7 aliphatic heterocycles. The fourth-order valence-corrected chi connectivity index (χ4v) is 13.2. The zero-order chi connectivity index (χ0) is 86.5. The van der Waals surface area contributed by atoms with Crippen LogP contribution >= 0.6 is 10.7 Å². The molecule has 0 saturated carbocycles. The molecule has 0 aromatic heterocycles. The van der Waals surface area contributed by atoms with Crippen LogP contribution in [0.3, 0.4) is 0 Å². The van der Waals surface area contributed by atoms with Gasteiger partial charge in [-0.05, 0) is 167 Å². The molecule has 114 heavy (non-hydrogen) atoms. The number of nitrogens with two attached hydrogens (primary N) is 2. The molecule has 35 heteroatoms. The SMILES string of the molecule is CC(C)(C)OC(=O)N1CCC(F)(CN)CC1.CC(C)(C)OC(=O)N1CCC(F)(CN2C(=O)c3ccccc3C2=O)CC1.CC(C)(C)OC(=O)N1CCC(F)(CO)CC1.CC(C)(C)OC(=O)N1CCC2(CC1)CO2.Cc1ccc(S(=O)(=O)Cl)cc1.Cc1ccc(S(=O)(=O)OCC2(F)CCN(C(=O)OC(C)(C)C)CC2)cc1.NCCO. The molecule has 6 saturated heterocycles. The van der Waals surface area contributed by atoms with Gasteiger partial charge in [0, 0.05) is 141 Å². The van der Waals surface area contributed by atoms with Crippen LogP contribution in [-0.4, -0.2) is 267 Å². The van der Waals surface area contributed by atoms with Gasteiger partial charge in [0.2, 0.25) is 0 Å². The van der Waals surface area contributed by atoms with Crippen molar-refractivity contribution in [3.05, 3.63) is 95.1 Å². The van der Waals surface area contributed by atoms with Gasteiger partial charge in [-0.2, -0.15) is 8.42 Å². The summed E-state index contributed by atoms with van der Waals surface area (Å²) < 4.78 is 140. The molecular weight excluding hydrogens is 1560 g/mol. The van der Waals surface area contributed by atoms with Gasteiger partial charge in [0.15, 0.2) is 0 Å². The van der Waals surface area contributed by atoms with E-state index in [1.54, 1.807) is 121 Å². The summed E-state index contributed by atoms with van der Waals surface area (Å²) in [5, 5.41) is 16.6. The molecule has 1 spiro atoms. The number of benzene rings is 3. The Labute approximate surface area is 674 Å². The zero-order valence-corrected chi connectivity index (χ0v) is 71.7. The summed E-state index contributed by atoms with van der Waals surface area (Å²) in [6, 6.07) is 19.1. The number of piperidine rings is 5. The van der Waals surface area contributed by atoms with Crippen molar-refractivity contribution in [2.75, 3.05) is 112 Å². The van der Waals surface area contributed by atoms with Crippen LogP contribution < -0.4 is 11.5 Å². The smallest absolute Gasteiger partial charge is 0.410 e. The number of imide groups is 1. The first-order valence-electron chi connectivity index (χ1n) is 38.2. The van der Waals surface area contributed by atoms with Gasteiger partial charge in [0.25, 0.3) is 31.0 Å². The maximum Gasteiger partial charge on any atom is 0.410 e. The highest BCUT2D eigenvalue weighted by atomic mass is 35.7. The van der Waals surface area contributed by atoms with Crippen molar-refractivity contribution in [1.82, 2.24) is 29.4 Å². The molecule has 7 amide bonds. The van der Waals surface area contributed by atoms with Gasteiger partial charge >= 0.3 is 30.5 Å². The lowest BCUT2D eigenvalue weighted by Gasteiger charge is -2.38. The highest BCUT2D eigenvalue weighted by Crippen LogP contribution is 2.39. The molecule has 646 valence electrons. The molecule has 0 radical (unpaired) electrons. The van der Waals surface area contributed by atoms with Gasteiger partial charge in [-0.3, -0.25) is 18.7 Å². The van der Waals surface area contributed by atoms with Crippen molar-refractivity contribution in [2.24, 2.45) is 11.5 Å². The first-order chi connectivity index (χ1) is 52.3. The number of hydrogen-bond donors (Lipinski definition) is 4. The van der Waals surface area contributed by atoms with Crippen molar-refractivity contribution in [2.45, 2.75) is 248 Å². The second-order valence-corrected chi connectivity index (χ2v) is 38.5. The summed E-state index contributed by atoms with van der Waals surface area (Å²) in [4.78, 5) is 92.7. The van der Waals surface area contributed by atoms with Crippen LogP contribution in [0.5, 0.6) is 0 Å². The van der Waals surface area contributed by atoms with E-state index in [1.165, 1.54) is 39.0 Å². The summed E-state index contributed by atoms with van der Waals surface area (Å²) in [5.41, 5.74) is 3.81. The maximum atomic E-state index is 15.2. The minimum atomic E-state index is -4.01. The van der Waals surface area contributed by atoms with Crippen LogP contribution in [0.2, 0.25) is 0 Å². The predicted octanol–water partition coefficient (Wildman–Crippen LogP) is 12.5. The van der Waals surface area contributed by atoms with Crippen LogP contribution in [-0.2, 0) is 51.8 Å². The van der Waals surface area contributed by atoms with E-state index in [0.717, 1.165) is 48.6 Å². The lowest BCUT2D eigenvalue weighted by atomic mass is 9.93. The average molecular weight is 1680 g/mol. The lowest BCUT2D eigenvalue weighted by Crippen LogP contribution is -2.51.